The van der Waals surface area contributed by atoms with E-state index in [0.29, 0.717) is 0 Å². The Labute approximate surface area is 117 Å². The van der Waals surface area contributed by atoms with Crippen LogP contribution in [0.25, 0.3) is 0 Å². The smallest absolute Gasteiger partial charge is 0.0599 e. The van der Waals surface area contributed by atoms with Crippen LogP contribution in [0.15, 0.2) is 24.3 Å². The summed E-state index contributed by atoms with van der Waals surface area (Å²) in [5.41, 5.74) is 8.19. The maximum atomic E-state index is 6.09. The molecule has 0 amide bonds. The number of rotatable bonds is 7. The van der Waals surface area contributed by atoms with Gasteiger partial charge < -0.3 is 15.5 Å². The number of likely N-dealkylation sites (tertiary alicyclic amines) is 1. The Hall–Kier alpha value is -1.22. The first-order valence-electron chi connectivity index (χ1n) is 7.63. The van der Waals surface area contributed by atoms with Crippen LogP contribution in [0.3, 0.4) is 0 Å². The third-order valence-corrected chi connectivity index (χ3v) is 3.87. The Morgan fingerprint density at radius 3 is 2.58 bits per heavy atom. The zero-order valence-corrected chi connectivity index (χ0v) is 12.1. The van der Waals surface area contributed by atoms with Crippen molar-refractivity contribution in [2.24, 2.45) is 0 Å². The SMILES string of the molecule is CCCN(CCCN1CCCC1)c1ccccc1N. The number of nitrogen functional groups attached to an aromatic ring is 1. The van der Waals surface area contributed by atoms with Crippen LogP contribution in [0.5, 0.6) is 0 Å². The Kier molecular flexibility index (Phi) is 5.52. The molecule has 1 saturated heterocycles. The lowest BCUT2D eigenvalue weighted by Gasteiger charge is -2.26. The van der Waals surface area contributed by atoms with Crippen molar-refractivity contribution in [3.63, 3.8) is 0 Å². The number of nitrogens with zero attached hydrogens (tertiary/aromatic N) is 2. The van der Waals surface area contributed by atoms with E-state index in [9.17, 15) is 0 Å². The summed E-state index contributed by atoms with van der Waals surface area (Å²) >= 11 is 0. The highest BCUT2D eigenvalue weighted by Gasteiger charge is 2.12. The lowest BCUT2D eigenvalue weighted by atomic mass is 10.2. The van der Waals surface area contributed by atoms with E-state index < -0.39 is 0 Å². The Bertz CT molecular complexity index is 372. The summed E-state index contributed by atoms with van der Waals surface area (Å²) in [6, 6.07) is 8.22. The van der Waals surface area contributed by atoms with E-state index in [0.717, 1.165) is 25.2 Å². The predicted molar refractivity (Wildman–Crippen MR) is 83.6 cm³/mol. The van der Waals surface area contributed by atoms with Gasteiger partial charge in [0, 0.05) is 13.1 Å². The van der Waals surface area contributed by atoms with Crippen LogP contribution in [0, 0.1) is 0 Å². The highest BCUT2D eigenvalue weighted by atomic mass is 15.2. The topological polar surface area (TPSA) is 32.5 Å². The van der Waals surface area contributed by atoms with Gasteiger partial charge in [0.15, 0.2) is 0 Å². The van der Waals surface area contributed by atoms with Crippen molar-refractivity contribution >= 4 is 11.4 Å². The maximum Gasteiger partial charge on any atom is 0.0599 e. The van der Waals surface area contributed by atoms with Gasteiger partial charge in [-0.3, -0.25) is 0 Å². The van der Waals surface area contributed by atoms with Crippen molar-refractivity contribution < 1.29 is 0 Å². The molecule has 1 aliphatic heterocycles. The zero-order valence-electron chi connectivity index (χ0n) is 12.1. The number of hydrogen-bond acceptors (Lipinski definition) is 3. The fourth-order valence-electron chi connectivity index (χ4n) is 2.89. The van der Waals surface area contributed by atoms with E-state index in [1.807, 2.05) is 12.1 Å². The minimum absolute atomic E-state index is 0.900. The standard InChI is InChI=1S/C16H27N3/c1-2-10-19(16-9-4-3-8-15(16)17)14-7-13-18-11-5-6-12-18/h3-4,8-9H,2,5-7,10-14,17H2,1H3. The summed E-state index contributed by atoms with van der Waals surface area (Å²) in [6.07, 6.45) is 5.15. The van der Waals surface area contributed by atoms with Gasteiger partial charge in [0.2, 0.25) is 0 Å². The molecule has 3 heteroatoms. The number of anilines is 2. The zero-order chi connectivity index (χ0) is 13.5. The first-order chi connectivity index (χ1) is 9.31. The fourth-order valence-corrected chi connectivity index (χ4v) is 2.89. The van der Waals surface area contributed by atoms with Crippen molar-refractivity contribution in [1.29, 1.82) is 0 Å². The molecular formula is C16H27N3. The molecule has 0 atom stereocenters. The molecule has 0 aromatic heterocycles. The second kappa shape index (κ2) is 7.39. The van der Waals surface area contributed by atoms with Gasteiger partial charge in [-0.25, -0.2) is 0 Å². The second-order valence-corrected chi connectivity index (χ2v) is 5.45. The Balaban J connectivity index is 1.87. The summed E-state index contributed by atoms with van der Waals surface area (Å²) in [5, 5.41) is 0. The molecule has 0 bridgehead atoms. The highest BCUT2D eigenvalue weighted by Crippen LogP contribution is 2.23. The van der Waals surface area contributed by atoms with E-state index in [4.69, 9.17) is 5.73 Å². The van der Waals surface area contributed by atoms with E-state index in [-0.39, 0.29) is 0 Å². The fraction of sp³-hybridized carbons (Fsp3) is 0.625. The van der Waals surface area contributed by atoms with Crippen LogP contribution >= 0.6 is 0 Å². The first kappa shape index (κ1) is 14.2. The van der Waals surface area contributed by atoms with Gasteiger partial charge in [0.25, 0.3) is 0 Å². The molecule has 106 valence electrons. The van der Waals surface area contributed by atoms with Gasteiger partial charge in [-0.15, -0.1) is 0 Å². The van der Waals surface area contributed by atoms with Crippen LogP contribution in [-0.2, 0) is 0 Å². The largest absolute Gasteiger partial charge is 0.397 e. The van der Waals surface area contributed by atoms with Crippen LogP contribution in [0.2, 0.25) is 0 Å². The summed E-state index contributed by atoms with van der Waals surface area (Å²) in [7, 11) is 0. The molecular weight excluding hydrogens is 234 g/mol. The molecule has 0 radical (unpaired) electrons. The van der Waals surface area contributed by atoms with Crippen molar-refractivity contribution in [3.05, 3.63) is 24.3 Å². The van der Waals surface area contributed by atoms with Crippen LogP contribution < -0.4 is 10.6 Å². The maximum absolute atomic E-state index is 6.09. The quantitative estimate of drug-likeness (QED) is 0.766. The molecule has 3 nitrogen and oxygen atoms in total. The molecule has 0 aliphatic carbocycles. The monoisotopic (exact) mass is 261 g/mol. The molecule has 1 heterocycles. The average Bonchev–Trinajstić information content (AvgIpc) is 2.92. The summed E-state index contributed by atoms with van der Waals surface area (Å²) < 4.78 is 0. The van der Waals surface area contributed by atoms with Crippen molar-refractivity contribution in [2.45, 2.75) is 32.6 Å². The summed E-state index contributed by atoms with van der Waals surface area (Å²) in [4.78, 5) is 5.02. The Morgan fingerprint density at radius 1 is 1.16 bits per heavy atom. The number of benzene rings is 1. The molecule has 0 saturated carbocycles. The molecule has 19 heavy (non-hydrogen) atoms. The molecule has 1 fully saturated rings. The number of nitrogens with two attached hydrogens (primary N) is 1. The van der Waals surface area contributed by atoms with Crippen LogP contribution in [0.4, 0.5) is 11.4 Å². The third-order valence-electron chi connectivity index (χ3n) is 3.87. The van der Waals surface area contributed by atoms with Gasteiger partial charge in [-0.2, -0.15) is 0 Å². The summed E-state index contributed by atoms with van der Waals surface area (Å²) in [5.74, 6) is 0. The molecule has 0 unspecified atom stereocenters. The second-order valence-electron chi connectivity index (χ2n) is 5.45. The van der Waals surface area contributed by atoms with Crippen molar-refractivity contribution in [2.75, 3.05) is 43.4 Å². The average molecular weight is 261 g/mol. The van der Waals surface area contributed by atoms with Crippen molar-refractivity contribution in [3.8, 4) is 0 Å². The molecule has 0 spiro atoms. The lowest BCUT2D eigenvalue weighted by molar-refractivity contribution is 0.334. The van der Waals surface area contributed by atoms with E-state index in [1.54, 1.807) is 0 Å². The number of hydrogen-bond donors (Lipinski definition) is 1. The molecule has 2 rings (SSSR count). The lowest BCUT2D eigenvalue weighted by Crippen LogP contribution is -2.29. The van der Waals surface area contributed by atoms with Crippen LogP contribution in [-0.4, -0.2) is 37.6 Å². The predicted octanol–water partition coefficient (Wildman–Crippen LogP) is 2.97. The van der Waals surface area contributed by atoms with Gasteiger partial charge in [0.05, 0.1) is 11.4 Å². The normalized spacial score (nSPS) is 15.8. The van der Waals surface area contributed by atoms with Gasteiger partial charge in [0.1, 0.15) is 0 Å². The molecule has 1 aliphatic rings. The van der Waals surface area contributed by atoms with Gasteiger partial charge in [-0.1, -0.05) is 19.1 Å². The minimum atomic E-state index is 0.900. The minimum Gasteiger partial charge on any atom is -0.397 e. The molecule has 2 N–H and O–H groups in total. The van der Waals surface area contributed by atoms with Crippen LogP contribution in [0.1, 0.15) is 32.6 Å². The van der Waals surface area contributed by atoms with E-state index in [1.165, 1.54) is 44.6 Å². The van der Waals surface area contributed by atoms with Crippen molar-refractivity contribution in [1.82, 2.24) is 4.90 Å². The van der Waals surface area contributed by atoms with E-state index in [2.05, 4.69) is 28.9 Å². The summed E-state index contributed by atoms with van der Waals surface area (Å²) in [6.45, 7) is 8.24. The third kappa shape index (κ3) is 4.13. The molecule has 1 aromatic carbocycles. The number of para-hydroxylation sites is 2. The van der Waals surface area contributed by atoms with Gasteiger partial charge >= 0.3 is 0 Å². The first-order valence-corrected chi connectivity index (χ1v) is 7.63. The van der Waals surface area contributed by atoms with E-state index >= 15 is 0 Å². The highest BCUT2D eigenvalue weighted by molar-refractivity contribution is 5.67. The Morgan fingerprint density at radius 2 is 1.89 bits per heavy atom. The van der Waals surface area contributed by atoms with Gasteiger partial charge in [-0.05, 0) is 57.5 Å². The molecule has 1 aromatic rings.